The molecule has 0 bridgehead atoms. The van der Waals surface area contributed by atoms with E-state index in [0.29, 0.717) is 17.9 Å². The number of hydrogen-bond acceptors (Lipinski definition) is 3. The maximum absolute atomic E-state index is 11.0. The highest BCUT2D eigenvalue weighted by molar-refractivity contribution is 5.92. The van der Waals surface area contributed by atoms with E-state index >= 15 is 0 Å². The van der Waals surface area contributed by atoms with Crippen LogP contribution in [0.15, 0.2) is 40.5 Å². The minimum atomic E-state index is -0.870. The Hall–Kier alpha value is -2.36. The molecule has 1 heterocycles. The minimum Gasteiger partial charge on any atom is -0.478 e. The Kier molecular flexibility index (Phi) is 3.60. The lowest BCUT2D eigenvalue weighted by Crippen LogP contribution is -1.98. The molecule has 0 spiro atoms. The number of carbonyl (C=O) groups is 1. The average Bonchev–Trinajstić information content (AvgIpc) is 3.23. The van der Waals surface area contributed by atoms with Crippen molar-refractivity contribution in [2.24, 2.45) is 0 Å². The van der Waals surface area contributed by atoms with Crippen molar-refractivity contribution in [3.63, 3.8) is 0 Å². The molecule has 0 atom stereocenters. The van der Waals surface area contributed by atoms with E-state index in [0.717, 1.165) is 22.8 Å². The first-order chi connectivity index (χ1) is 10.2. The second-order valence-electron chi connectivity index (χ2n) is 5.29. The minimum absolute atomic E-state index is 0.401. The van der Waals surface area contributed by atoms with Crippen molar-refractivity contribution in [1.29, 1.82) is 0 Å². The first-order valence-corrected chi connectivity index (χ1v) is 7.17. The van der Waals surface area contributed by atoms with Crippen LogP contribution in [-0.4, -0.2) is 16.1 Å². The normalized spacial score (nSPS) is 15.2. The summed E-state index contributed by atoms with van der Waals surface area (Å²) in [6.07, 6.45) is 6.29. The van der Waals surface area contributed by atoms with Gasteiger partial charge in [-0.1, -0.05) is 31.2 Å². The van der Waals surface area contributed by atoms with Gasteiger partial charge in [0.25, 0.3) is 0 Å². The van der Waals surface area contributed by atoms with Crippen LogP contribution in [0.5, 0.6) is 0 Å². The number of aromatic nitrogens is 1. The molecule has 0 radical (unpaired) electrons. The number of hydrogen-bond donors (Lipinski definition) is 1. The largest absolute Gasteiger partial charge is 0.478 e. The lowest BCUT2D eigenvalue weighted by molar-refractivity contribution is -0.132. The molecule has 0 aliphatic heterocycles. The second kappa shape index (κ2) is 5.56. The van der Waals surface area contributed by atoms with Gasteiger partial charge in [0.1, 0.15) is 0 Å². The molecule has 1 aliphatic carbocycles. The van der Waals surface area contributed by atoms with Crippen LogP contribution in [0, 0.1) is 0 Å². The molecule has 1 aromatic carbocycles. The molecule has 1 aliphatic rings. The molecule has 4 nitrogen and oxygen atoms in total. The summed E-state index contributed by atoms with van der Waals surface area (Å²) in [7, 11) is 0. The van der Waals surface area contributed by atoms with Crippen LogP contribution in [-0.2, 0) is 4.79 Å². The smallest absolute Gasteiger partial charge is 0.331 e. The molecule has 0 unspecified atom stereocenters. The van der Waals surface area contributed by atoms with Crippen molar-refractivity contribution >= 4 is 12.0 Å². The molecule has 108 valence electrons. The lowest BCUT2D eigenvalue weighted by Gasteiger charge is -2.00. The van der Waals surface area contributed by atoms with E-state index in [1.165, 1.54) is 12.8 Å². The van der Waals surface area contributed by atoms with Crippen molar-refractivity contribution in [2.45, 2.75) is 32.1 Å². The molecule has 1 saturated carbocycles. The Labute approximate surface area is 123 Å². The van der Waals surface area contributed by atoms with Gasteiger partial charge in [0.15, 0.2) is 11.7 Å². The van der Waals surface area contributed by atoms with E-state index < -0.39 is 5.97 Å². The van der Waals surface area contributed by atoms with Gasteiger partial charge in [-0.3, -0.25) is 0 Å². The van der Waals surface area contributed by atoms with Crippen LogP contribution >= 0.6 is 0 Å². The van der Waals surface area contributed by atoms with Gasteiger partial charge in [-0.2, -0.15) is 0 Å². The van der Waals surface area contributed by atoms with Crippen LogP contribution in [0.4, 0.5) is 0 Å². The monoisotopic (exact) mass is 283 g/mol. The Bertz CT molecular complexity index is 678. The van der Waals surface area contributed by atoms with Gasteiger partial charge in [0, 0.05) is 17.1 Å². The van der Waals surface area contributed by atoms with Gasteiger partial charge in [-0.25, -0.2) is 9.78 Å². The van der Waals surface area contributed by atoms with Crippen LogP contribution in [0.25, 0.3) is 17.4 Å². The predicted molar refractivity (Wildman–Crippen MR) is 79.8 cm³/mol. The van der Waals surface area contributed by atoms with Gasteiger partial charge in [-0.15, -0.1) is 0 Å². The summed E-state index contributed by atoms with van der Waals surface area (Å²) in [6.45, 7) is 1.84. The number of oxazole rings is 1. The van der Waals surface area contributed by atoms with Crippen molar-refractivity contribution in [2.75, 3.05) is 0 Å². The maximum atomic E-state index is 11.0. The Morgan fingerprint density at radius 2 is 2.10 bits per heavy atom. The summed E-state index contributed by atoms with van der Waals surface area (Å²) in [5, 5.41) is 9.04. The fraction of sp³-hybridized carbons (Fsp3) is 0.294. The van der Waals surface area contributed by atoms with Crippen LogP contribution in [0.3, 0.4) is 0 Å². The standard InChI is InChI=1S/C17H17NO3/c1-2-12(17(19)20)9-11-3-5-13(6-4-11)15-10-18-16(21-15)14-7-8-14/h3-6,9-10,14H,2,7-8H2,1H3,(H,19,20). The molecule has 2 aromatic rings. The average molecular weight is 283 g/mol. The topological polar surface area (TPSA) is 63.3 Å². The van der Waals surface area contributed by atoms with E-state index in [1.54, 1.807) is 12.3 Å². The molecular weight excluding hydrogens is 266 g/mol. The van der Waals surface area contributed by atoms with Crippen molar-refractivity contribution in [1.82, 2.24) is 4.98 Å². The number of carboxylic acids is 1. The third-order valence-corrected chi connectivity index (χ3v) is 3.64. The zero-order valence-electron chi connectivity index (χ0n) is 11.9. The lowest BCUT2D eigenvalue weighted by atomic mass is 10.1. The van der Waals surface area contributed by atoms with Gasteiger partial charge in [0.05, 0.1) is 6.20 Å². The number of aliphatic carboxylic acids is 1. The van der Waals surface area contributed by atoms with Gasteiger partial charge < -0.3 is 9.52 Å². The summed E-state index contributed by atoms with van der Waals surface area (Å²) in [5.74, 6) is 1.23. The SMILES string of the molecule is CCC(=Cc1ccc(-c2cnc(C3CC3)o2)cc1)C(=O)O. The molecule has 0 saturated heterocycles. The molecule has 21 heavy (non-hydrogen) atoms. The van der Waals surface area contributed by atoms with Crippen molar-refractivity contribution < 1.29 is 14.3 Å². The summed E-state index contributed by atoms with van der Waals surface area (Å²) < 4.78 is 5.75. The Balaban J connectivity index is 1.81. The molecule has 1 N–H and O–H groups in total. The Morgan fingerprint density at radius 1 is 1.38 bits per heavy atom. The van der Waals surface area contributed by atoms with E-state index in [4.69, 9.17) is 9.52 Å². The summed E-state index contributed by atoms with van der Waals surface area (Å²) in [6, 6.07) is 7.65. The van der Waals surface area contributed by atoms with Crippen LogP contribution in [0.1, 0.15) is 43.6 Å². The summed E-state index contributed by atoms with van der Waals surface area (Å²) in [4.78, 5) is 15.3. The van der Waals surface area contributed by atoms with E-state index in [2.05, 4.69) is 4.98 Å². The zero-order valence-corrected chi connectivity index (χ0v) is 11.9. The third-order valence-electron chi connectivity index (χ3n) is 3.64. The fourth-order valence-electron chi connectivity index (χ4n) is 2.20. The van der Waals surface area contributed by atoms with Crippen molar-refractivity contribution in [3.05, 3.63) is 47.5 Å². The quantitative estimate of drug-likeness (QED) is 0.839. The molecule has 3 rings (SSSR count). The number of carboxylic acid groups (broad SMARTS) is 1. The van der Waals surface area contributed by atoms with E-state index in [-0.39, 0.29) is 0 Å². The van der Waals surface area contributed by atoms with Crippen molar-refractivity contribution in [3.8, 4) is 11.3 Å². The molecule has 0 amide bonds. The summed E-state index contributed by atoms with van der Waals surface area (Å²) in [5.41, 5.74) is 2.23. The van der Waals surface area contributed by atoms with Gasteiger partial charge in [-0.05, 0) is 30.9 Å². The first kappa shape index (κ1) is 13.6. The van der Waals surface area contributed by atoms with E-state index in [9.17, 15) is 4.79 Å². The van der Waals surface area contributed by atoms with E-state index in [1.807, 2.05) is 31.2 Å². The Morgan fingerprint density at radius 3 is 2.67 bits per heavy atom. The zero-order chi connectivity index (χ0) is 14.8. The van der Waals surface area contributed by atoms with Crippen LogP contribution in [0.2, 0.25) is 0 Å². The highest BCUT2D eigenvalue weighted by Gasteiger charge is 2.28. The molecule has 4 heteroatoms. The highest BCUT2D eigenvalue weighted by atomic mass is 16.4. The van der Waals surface area contributed by atoms with Gasteiger partial charge >= 0.3 is 5.97 Å². The second-order valence-corrected chi connectivity index (χ2v) is 5.29. The predicted octanol–water partition coefficient (Wildman–Crippen LogP) is 4.10. The number of rotatable bonds is 5. The number of benzene rings is 1. The van der Waals surface area contributed by atoms with Crippen LogP contribution < -0.4 is 0 Å². The molecule has 1 aromatic heterocycles. The fourth-order valence-corrected chi connectivity index (χ4v) is 2.20. The summed E-state index contributed by atoms with van der Waals surface area (Å²) >= 11 is 0. The van der Waals surface area contributed by atoms with Gasteiger partial charge in [0.2, 0.25) is 0 Å². The third kappa shape index (κ3) is 3.05. The molecule has 1 fully saturated rings. The highest BCUT2D eigenvalue weighted by Crippen LogP contribution is 2.40. The number of nitrogens with zero attached hydrogens (tertiary/aromatic N) is 1. The maximum Gasteiger partial charge on any atom is 0.331 e. The first-order valence-electron chi connectivity index (χ1n) is 7.17. The molecular formula is C17H17NO3.